The van der Waals surface area contributed by atoms with Gasteiger partial charge in [-0.05, 0) is 29.7 Å². The normalized spacial score (nSPS) is 10.5. The summed E-state index contributed by atoms with van der Waals surface area (Å²) < 4.78 is 14.2. The third-order valence-corrected chi connectivity index (χ3v) is 3.71. The highest BCUT2D eigenvalue weighted by atomic mass is 19.1. The van der Waals surface area contributed by atoms with Crippen LogP contribution in [0.2, 0.25) is 0 Å². The molecule has 0 unspecified atom stereocenters. The van der Waals surface area contributed by atoms with Gasteiger partial charge >= 0.3 is 5.97 Å². The summed E-state index contributed by atoms with van der Waals surface area (Å²) in [5.74, 6) is -0.816. The lowest BCUT2D eigenvalue weighted by molar-refractivity contribution is 0.0697. The van der Waals surface area contributed by atoms with Gasteiger partial charge in [-0.15, -0.1) is 6.58 Å². The number of hydrogen-bond donors (Lipinski definition) is 2. The molecular formula is C19H15FN2O2. The standard InChI is InChI=1S/C19H15FN2O2/c1-2-9-21-18-14-8-7-12(19(23)24)10-15(14)16(11-22-18)13-5-3-4-6-17(13)20/h2-8,10-11H,1,9H2,(H,21,22)(H,23,24). The van der Waals surface area contributed by atoms with Gasteiger partial charge in [0.25, 0.3) is 0 Å². The van der Waals surface area contributed by atoms with Crippen LogP contribution in [0.15, 0.2) is 61.3 Å². The first-order chi connectivity index (χ1) is 11.6. The number of nitrogens with one attached hydrogen (secondary N) is 1. The number of aromatic carboxylic acids is 1. The van der Waals surface area contributed by atoms with E-state index in [1.807, 2.05) is 0 Å². The van der Waals surface area contributed by atoms with Crippen LogP contribution in [0, 0.1) is 5.82 Å². The van der Waals surface area contributed by atoms with E-state index >= 15 is 0 Å². The lowest BCUT2D eigenvalue weighted by Gasteiger charge is -2.12. The number of pyridine rings is 1. The van der Waals surface area contributed by atoms with Crippen molar-refractivity contribution in [2.75, 3.05) is 11.9 Å². The first-order valence-corrected chi connectivity index (χ1v) is 7.37. The van der Waals surface area contributed by atoms with E-state index in [0.717, 1.165) is 5.39 Å². The van der Waals surface area contributed by atoms with E-state index in [-0.39, 0.29) is 11.4 Å². The summed E-state index contributed by atoms with van der Waals surface area (Å²) in [6, 6.07) is 11.1. The number of carboxylic acids is 1. The monoisotopic (exact) mass is 322 g/mol. The smallest absolute Gasteiger partial charge is 0.335 e. The van der Waals surface area contributed by atoms with Crippen LogP contribution in [-0.4, -0.2) is 22.6 Å². The number of halogens is 1. The zero-order valence-corrected chi connectivity index (χ0v) is 12.8. The lowest BCUT2D eigenvalue weighted by Crippen LogP contribution is -2.03. The van der Waals surface area contributed by atoms with Crippen LogP contribution < -0.4 is 5.32 Å². The number of hydrogen-bond acceptors (Lipinski definition) is 3. The van der Waals surface area contributed by atoms with Gasteiger partial charge in [-0.1, -0.05) is 24.3 Å². The molecule has 5 heteroatoms. The minimum Gasteiger partial charge on any atom is -0.478 e. The average Bonchev–Trinajstić information content (AvgIpc) is 2.59. The maximum atomic E-state index is 14.2. The Labute approximate surface area is 138 Å². The van der Waals surface area contributed by atoms with E-state index in [1.54, 1.807) is 42.6 Å². The highest BCUT2D eigenvalue weighted by Gasteiger charge is 2.14. The van der Waals surface area contributed by atoms with Crippen molar-refractivity contribution in [2.45, 2.75) is 0 Å². The Morgan fingerprint density at radius 3 is 2.71 bits per heavy atom. The zero-order valence-electron chi connectivity index (χ0n) is 12.8. The topological polar surface area (TPSA) is 62.2 Å². The summed E-state index contributed by atoms with van der Waals surface area (Å²) in [6.07, 6.45) is 3.25. The summed E-state index contributed by atoms with van der Waals surface area (Å²) in [5.41, 5.74) is 1.07. The van der Waals surface area contributed by atoms with Gasteiger partial charge in [0.2, 0.25) is 0 Å². The van der Waals surface area contributed by atoms with Crippen LogP contribution in [-0.2, 0) is 0 Å². The molecule has 0 bridgehead atoms. The Kier molecular flexibility index (Phi) is 4.24. The molecule has 2 aromatic carbocycles. The second-order valence-corrected chi connectivity index (χ2v) is 5.24. The second-order valence-electron chi connectivity index (χ2n) is 5.24. The average molecular weight is 322 g/mol. The number of fused-ring (bicyclic) bond motifs is 1. The van der Waals surface area contributed by atoms with E-state index in [2.05, 4.69) is 16.9 Å². The number of nitrogens with zero attached hydrogens (tertiary/aromatic N) is 1. The molecule has 1 aromatic heterocycles. The fourth-order valence-electron chi connectivity index (χ4n) is 2.58. The van der Waals surface area contributed by atoms with Crippen molar-refractivity contribution < 1.29 is 14.3 Å². The molecule has 120 valence electrons. The second kappa shape index (κ2) is 6.50. The molecule has 2 N–H and O–H groups in total. The highest BCUT2D eigenvalue weighted by molar-refractivity contribution is 6.05. The summed E-state index contributed by atoms with van der Waals surface area (Å²) in [6.45, 7) is 4.17. The number of carboxylic acid groups (broad SMARTS) is 1. The molecule has 0 amide bonds. The Morgan fingerprint density at radius 1 is 1.21 bits per heavy atom. The van der Waals surface area contributed by atoms with Gasteiger partial charge in [0.15, 0.2) is 0 Å². The van der Waals surface area contributed by atoms with Crippen molar-refractivity contribution in [3.05, 3.63) is 72.7 Å². The van der Waals surface area contributed by atoms with Crippen molar-refractivity contribution in [1.82, 2.24) is 4.98 Å². The molecule has 4 nitrogen and oxygen atoms in total. The van der Waals surface area contributed by atoms with Gasteiger partial charge in [0.05, 0.1) is 5.56 Å². The van der Waals surface area contributed by atoms with Crippen LogP contribution in [0.5, 0.6) is 0 Å². The van der Waals surface area contributed by atoms with Crippen LogP contribution >= 0.6 is 0 Å². The predicted molar refractivity (Wildman–Crippen MR) is 92.8 cm³/mol. The van der Waals surface area contributed by atoms with Crippen molar-refractivity contribution in [2.24, 2.45) is 0 Å². The predicted octanol–water partition coefficient (Wildman–Crippen LogP) is 4.34. The van der Waals surface area contributed by atoms with Crippen molar-refractivity contribution >= 4 is 22.6 Å². The first-order valence-electron chi connectivity index (χ1n) is 7.37. The molecule has 0 atom stereocenters. The Balaban J connectivity index is 2.29. The minimum atomic E-state index is -1.03. The summed E-state index contributed by atoms with van der Waals surface area (Å²) >= 11 is 0. The Morgan fingerprint density at radius 2 is 2.00 bits per heavy atom. The first kappa shape index (κ1) is 15.7. The third-order valence-electron chi connectivity index (χ3n) is 3.71. The van der Waals surface area contributed by atoms with Gasteiger partial charge in [0, 0.05) is 29.3 Å². The molecule has 0 aliphatic carbocycles. The number of rotatable bonds is 5. The van der Waals surface area contributed by atoms with Crippen LogP contribution in [0.25, 0.3) is 21.9 Å². The molecule has 0 spiro atoms. The van der Waals surface area contributed by atoms with Gasteiger partial charge < -0.3 is 10.4 Å². The SMILES string of the molecule is C=CCNc1ncc(-c2ccccc2F)c2cc(C(=O)O)ccc12. The van der Waals surface area contributed by atoms with Gasteiger partial charge in [-0.2, -0.15) is 0 Å². The highest BCUT2D eigenvalue weighted by Crippen LogP contribution is 2.33. The number of benzene rings is 2. The van der Waals surface area contributed by atoms with E-state index in [0.29, 0.717) is 28.9 Å². The Bertz CT molecular complexity index is 938. The van der Waals surface area contributed by atoms with E-state index in [4.69, 9.17) is 0 Å². The van der Waals surface area contributed by atoms with E-state index < -0.39 is 5.97 Å². The van der Waals surface area contributed by atoms with Crippen LogP contribution in [0.3, 0.4) is 0 Å². The molecule has 0 saturated heterocycles. The molecule has 3 aromatic rings. The lowest BCUT2D eigenvalue weighted by atomic mass is 9.98. The molecular weight excluding hydrogens is 307 g/mol. The third kappa shape index (κ3) is 2.84. The minimum absolute atomic E-state index is 0.140. The number of aromatic nitrogens is 1. The van der Waals surface area contributed by atoms with E-state index in [1.165, 1.54) is 12.1 Å². The van der Waals surface area contributed by atoms with Crippen LogP contribution in [0.1, 0.15) is 10.4 Å². The zero-order chi connectivity index (χ0) is 17.1. The van der Waals surface area contributed by atoms with E-state index in [9.17, 15) is 14.3 Å². The van der Waals surface area contributed by atoms with Crippen LogP contribution in [0.4, 0.5) is 10.2 Å². The fourth-order valence-corrected chi connectivity index (χ4v) is 2.58. The molecule has 0 fully saturated rings. The number of carbonyl (C=O) groups is 1. The molecule has 0 radical (unpaired) electrons. The van der Waals surface area contributed by atoms with Gasteiger partial charge in [-0.25, -0.2) is 14.2 Å². The maximum absolute atomic E-state index is 14.2. The summed E-state index contributed by atoms with van der Waals surface area (Å²) in [5, 5.41) is 13.7. The Hall–Kier alpha value is -3.21. The molecule has 0 aliphatic heterocycles. The molecule has 0 aliphatic rings. The number of anilines is 1. The van der Waals surface area contributed by atoms with Crippen molar-refractivity contribution in [3.8, 4) is 11.1 Å². The summed E-state index contributed by atoms with van der Waals surface area (Å²) in [7, 11) is 0. The van der Waals surface area contributed by atoms with Crippen molar-refractivity contribution in [3.63, 3.8) is 0 Å². The fraction of sp³-hybridized carbons (Fsp3) is 0.0526. The molecule has 3 rings (SSSR count). The molecule has 0 saturated carbocycles. The van der Waals surface area contributed by atoms with Crippen molar-refractivity contribution in [1.29, 1.82) is 0 Å². The maximum Gasteiger partial charge on any atom is 0.335 e. The van der Waals surface area contributed by atoms with Gasteiger partial charge in [0.1, 0.15) is 11.6 Å². The quantitative estimate of drug-likeness (QED) is 0.686. The van der Waals surface area contributed by atoms with Gasteiger partial charge in [-0.3, -0.25) is 0 Å². The largest absolute Gasteiger partial charge is 0.478 e. The molecule has 24 heavy (non-hydrogen) atoms. The summed E-state index contributed by atoms with van der Waals surface area (Å²) in [4.78, 5) is 15.7. The molecule has 1 heterocycles.